The van der Waals surface area contributed by atoms with Gasteiger partial charge >= 0.3 is 0 Å². The molecule has 0 aliphatic carbocycles. The van der Waals surface area contributed by atoms with Crippen LogP contribution >= 0.6 is 11.6 Å². The van der Waals surface area contributed by atoms with E-state index in [1.54, 1.807) is 18.2 Å². The summed E-state index contributed by atoms with van der Waals surface area (Å²) in [5.74, 6) is 0.278. The Morgan fingerprint density at radius 1 is 1.05 bits per heavy atom. The molecule has 0 aliphatic heterocycles. The van der Waals surface area contributed by atoms with Crippen molar-refractivity contribution in [2.45, 2.75) is 19.9 Å². The lowest BCUT2D eigenvalue weighted by Crippen LogP contribution is -2.06. The predicted octanol–water partition coefficient (Wildman–Crippen LogP) is 3.99. The Balaban J connectivity index is 1.87. The maximum Gasteiger partial charge on any atom is 0.223 e. The number of nitrogens with one attached hydrogen (secondary N) is 1. The highest BCUT2D eigenvalue weighted by molar-refractivity contribution is 6.29. The molecule has 3 aromatic rings. The SMILES string of the molecule is CCc1nc(NCc2ccc(F)cc2)nc2ccc(Cl)nc12. The third-order valence-corrected chi connectivity index (χ3v) is 3.49. The molecule has 4 nitrogen and oxygen atoms in total. The third-order valence-electron chi connectivity index (χ3n) is 3.28. The van der Waals surface area contributed by atoms with Crippen LogP contribution in [0.3, 0.4) is 0 Å². The maximum atomic E-state index is 12.9. The van der Waals surface area contributed by atoms with Crippen molar-refractivity contribution in [3.05, 3.63) is 58.6 Å². The Labute approximate surface area is 132 Å². The van der Waals surface area contributed by atoms with E-state index >= 15 is 0 Å². The number of nitrogens with zero attached hydrogens (tertiary/aromatic N) is 3. The van der Waals surface area contributed by atoms with Gasteiger partial charge in [0.15, 0.2) is 0 Å². The van der Waals surface area contributed by atoms with Crippen molar-refractivity contribution in [2.75, 3.05) is 5.32 Å². The van der Waals surface area contributed by atoms with E-state index < -0.39 is 0 Å². The van der Waals surface area contributed by atoms with Gasteiger partial charge in [0.25, 0.3) is 0 Å². The number of halogens is 2. The zero-order valence-electron chi connectivity index (χ0n) is 12.0. The van der Waals surface area contributed by atoms with E-state index in [-0.39, 0.29) is 5.82 Å². The summed E-state index contributed by atoms with van der Waals surface area (Å²) in [5, 5.41) is 3.58. The minimum absolute atomic E-state index is 0.248. The van der Waals surface area contributed by atoms with E-state index in [1.165, 1.54) is 12.1 Å². The molecule has 22 heavy (non-hydrogen) atoms. The minimum atomic E-state index is -0.248. The summed E-state index contributed by atoms with van der Waals surface area (Å²) in [5.41, 5.74) is 3.27. The first-order chi connectivity index (χ1) is 10.7. The second kappa shape index (κ2) is 6.23. The highest BCUT2D eigenvalue weighted by Crippen LogP contribution is 2.19. The topological polar surface area (TPSA) is 50.7 Å². The number of anilines is 1. The lowest BCUT2D eigenvalue weighted by atomic mass is 10.2. The van der Waals surface area contributed by atoms with E-state index in [9.17, 15) is 4.39 Å². The molecule has 112 valence electrons. The largest absolute Gasteiger partial charge is 0.350 e. The minimum Gasteiger partial charge on any atom is -0.350 e. The molecule has 6 heteroatoms. The molecule has 0 spiro atoms. The van der Waals surface area contributed by atoms with Gasteiger partial charge in [0.2, 0.25) is 5.95 Å². The van der Waals surface area contributed by atoms with Crippen molar-refractivity contribution < 1.29 is 4.39 Å². The number of aromatic nitrogens is 3. The van der Waals surface area contributed by atoms with Crippen LogP contribution < -0.4 is 5.32 Å². The van der Waals surface area contributed by atoms with Crippen LogP contribution in [0.1, 0.15) is 18.2 Å². The van der Waals surface area contributed by atoms with Crippen LogP contribution in [0.15, 0.2) is 36.4 Å². The second-order valence-corrected chi connectivity index (χ2v) is 5.22. The van der Waals surface area contributed by atoms with Gasteiger partial charge in [0, 0.05) is 6.54 Å². The van der Waals surface area contributed by atoms with Crippen LogP contribution in [0.4, 0.5) is 10.3 Å². The number of rotatable bonds is 4. The lowest BCUT2D eigenvalue weighted by molar-refractivity contribution is 0.627. The van der Waals surface area contributed by atoms with Crippen molar-refractivity contribution >= 4 is 28.6 Å². The molecule has 1 aromatic carbocycles. The Kier molecular flexibility index (Phi) is 4.15. The van der Waals surface area contributed by atoms with E-state index in [2.05, 4.69) is 20.3 Å². The maximum absolute atomic E-state index is 12.9. The molecule has 0 amide bonds. The van der Waals surface area contributed by atoms with Gasteiger partial charge in [-0.05, 0) is 36.2 Å². The van der Waals surface area contributed by atoms with Gasteiger partial charge in [-0.25, -0.2) is 19.3 Å². The number of hydrogen-bond acceptors (Lipinski definition) is 4. The van der Waals surface area contributed by atoms with Crippen LogP contribution in [0.25, 0.3) is 11.0 Å². The van der Waals surface area contributed by atoms with Crippen LogP contribution in [0.2, 0.25) is 5.15 Å². The molecule has 0 saturated heterocycles. The average Bonchev–Trinajstić information content (AvgIpc) is 2.53. The van der Waals surface area contributed by atoms with Crippen LogP contribution in [0.5, 0.6) is 0 Å². The van der Waals surface area contributed by atoms with Gasteiger partial charge in [-0.2, -0.15) is 0 Å². The van der Waals surface area contributed by atoms with Gasteiger partial charge in [0.05, 0.1) is 11.2 Å². The molecular weight excluding hydrogens is 303 g/mol. The summed E-state index contributed by atoms with van der Waals surface area (Å²) in [6.45, 7) is 2.53. The third kappa shape index (κ3) is 3.14. The van der Waals surface area contributed by atoms with Crippen molar-refractivity contribution in [3.8, 4) is 0 Å². The fourth-order valence-corrected chi connectivity index (χ4v) is 2.31. The standard InChI is InChI=1S/C16H14ClFN4/c1-2-12-15-13(7-8-14(17)22-15)21-16(20-12)19-9-10-3-5-11(18)6-4-10/h3-8H,2,9H2,1H3,(H,19,20,21). The van der Waals surface area contributed by atoms with E-state index in [0.717, 1.165) is 28.7 Å². The van der Waals surface area contributed by atoms with Crippen LogP contribution in [-0.4, -0.2) is 15.0 Å². The number of pyridine rings is 1. The summed E-state index contributed by atoms with van der Waals surface area (Å²) >= 11 is 5.93. The summed E-state index contributed by atoms with van der Waals surface area (Å²) in [6, 6.07) is 9.86. The Hall–Kier alpha value is -2.27. The first-order valence-corrected chi connectivity index (χ1v) is 7.35. The number of aryl methyl sites for hydroxylation is 1. The summed E-state index contributed by atoms with van der Waals surface area (Å²) in [7, 11) is 0. The molecule has 0 aliphatic rings. The quantitative estimate of drug-likeness (QED) is 0.739. The van der Waals surface area contributed by atoms with Crippen molar-refractivity contribution in [2.24, 2.45) is 0 Å². The van der Waals surface area contributed by atoms with Crippen molar-refractivity contribution in [3.63, 3.8) is 0 Å². The fraction of sp³-hybridized carbons (Fsp3) is 0.188. The average molecular weight is 317 g/mol. The molecule has 0 saturated carbocycles. The molecule has 2 aromatic heterocycles. The number of hydrogen-bond donors (Lipinski definition) is 1. The van der Waals surface area contributed by atoms with E-state index in [1.807, 2.05) is 13.0 Å². The first-order valence-electron chi connectivity index (χ1n) is 6.97. The van der Waals surface area contributed by atoms with E-state index in [4.69, 9.17) is 11.6 Å². The molecule has 0 fully saturated rings. The van der Waals surface area contributed by atoms with Gasteiger partial charge in [-0.1, -0.05) is 30.7 Å². The van der Waals surface area contributed by atoms with Crippen LogP contribution in [-0.2, 0) is 13.0 Å². The molecule has 0 atom stereocenters. The van der Waals surface area contributed by atoms with Gasteiger partial charge in [-0.15, -0.1) is 0 Å². The van der Waals surface area contributed by atoms with Crippen LogP contribution in [0, 0.1) is 5.82 Å². The number of benzene rings is 1. The first kappa shape index (κ1) is 14.7. The second-order valence-electron chi connectivity index (χ2n) is 4.83. The zero-order chi connectivity index (χ0) is 15.5. The molecule has 0 bridgehead atoms. The molecule has 1 N–H and O–H groups in total. The molecule has 3 rings (SSSR count). The molecule has 0 unspecified atom stereocenters. The Morgan fingerprint density at radius 3 is 2.55 bits per heavy atom. The summed E-state index contributed by atoms with van der Waals surface area (Å²) < 4.78 is 12.9. The Morgan fingerprint density at radius 2 is 1.82 bits per heavy atom. The molecule has 0 radical (unpaired) electrons. The summed E-state index contributed by atoms with van der Waals surface area (Å²) in [4.78, 5) is 13.2. The van der Waals surface area contributed by atoms with Gasteiger partial charge < -0.3 is 5.32 Å². The van der Waals surface area contributed by atoms with Gasteiger partial charge in [0.1, 0.15) is 16.5 Å². The smallest absolute Gasteiger partial charge is 0.223 e. The van der Waals surface area contributed by atoms with Crippen molar-refractivity contribution in [1.29, 1.82) is 0 Å². The lowest BCUT2D eigenvalue weighted by Gasteiger charge is -2.09. The molecular formula is C16H14ClFN4. The zero-order valence-corrected chi connectivity index (χ0v) is 12.7. The van der Waals surface area contributed by atoms with E-state index in [0.29, 0.717) is 17.6 Å². The van der Waals surface area contributed by atoms with Crippen molar-refractivity contribution in [1.82, 2.24) is 15.0 Å². The monoisotopic (exact) mass is 316 g/mol. The highest BCUT2D eigenvalue weighted by Gasteiger charge is 2.08. The normalized spacial score (nSPS) is 10.9. The highest BCUT2D eigenvalue weighted by atomic mass is 35.5. The summed E-state index contributed by atoms with van der Waals surface area (Å²) in [6.07, 6.45) is 0.734. The number of fused-ring (bicyclic) bond motifs is 1. The fourth-order valence-electron chi connectivity index (χ4n) is 2.16. The van der Waals surface area contributed by atoms with Gasteiger partial charge in [-0.3, -0.25) is 0 Å². The Bertz CT molecular complexity index is 805. The predicted molar refractivity (Wildman–Crippen MR) is 85.4 cm³/mol. The molecule has 2 heterocycles.